The molecule has 6 heteroatoms. The van der Waals surface area contributed by atoms with Gasteiger partial charge in [0.2, 0.25) is 5.91 Å². The molecule has 0 aliphatic carbocycles. The first-order valence-electron chi connectivity index (χ1n) is 11.5. The van der Waals surface area contributed by atoms with Crippen LogP contribution in [-0.4, -0.2) is 40.2 Å². The van der Waals surface area contributed by atoms with Crippen LogP contribution in [0, 0.1) is 11.8 Å². The van der Waals surface area contributed by atoms with Crippen molar-refractivity contribution in [2.75, 3.05) is 13.7 Å². The summed E-state index contributed by atoms with van der Waals surface area (Å²) in [5.41, 5.74) is 3.51. The minimum atomic E-state index is -0.450. The van der Waals surface area contributed by atoms with Gasteiger partial charge in [-0.15, -0.1) is 0 Å². The third kappa shape index (κ3) is 3.59. The van der Waals surface area contributed by atoms with E-state index in [0.717, 1.165) is 16.8 Å². The lowest BCUT2D eigenvalue weighted by molar-refractivity contribution is -0.127. The van der Waals surface area contributed by atoms with E-state index < -0.39 is 6.04 Å². The molecule has 0 saturated carbocycles. The number of aromatic nitrogens is 1. The summed E-state index contributed by atoms with van der Waals surface area (Å²) in [6, 6.07) is 22.8. The number of rotatable bonds is 5. The summed E-state index contributed by atoms with van der Waals surface area (Å²) >= 11 is 0. The maximum Gasteiger partial charge on any atom is 0.258 e. The van der Waals surface area contributed by atoms with Crippen LogP contribution in [0.25, 0.3) is 11.1 Å². The quantitative estimate of drug-likeness (QED) is 0.636. The van der Waals surface area contributed by atoms with Crippen molar-refractivity contribution in [1.82, 2.24) is 14.8 Å². The summed E-state index contributed by atoms with van der Waals surface area (Å²) in [5, 5.41) is 13.4. The van der Waals surface area contributed by atoms with Gasteiger partial charge in [0.15, 0.2) is 0 Å². The first-order valence-corrected chi connectivity index (χ1v) is 11.5. The van der Waals surface area contributed by atoms with Crippen LogP contribution in [0.15, 0.2) is 77.6 Å². The monoisotopic (exact) mass is 443 g/mol. The Hall–Kier alpha value is -3.22. The van der Waals surface area contributed by atoms with Crippen molar-refractivity contribution in [3.05, 3.63) is 94.4 Å². The van der Waals surface area contributed by atoms with Crippen LogP contribution in [0.3, 0.4) is 0 Å². The molecule has 1 amide bonds. The molecule has 2 aliphatic heterocycles. The summed E-state index contributed by atoms with van der Waals surface area (Å²) < 4.78 is 1.83. The van der Waals surface area contributed by atoms with Crippen LogP contribution in [0.5, 0.6) is 0 Å². The second kappa shape index (κ2) is 8.61. The number of carbonyl (C=O) groups is 1. The predicted molar refractivity (Wildman–Crippen MR) is 127 cm³/mol. The lowest BCUT2D eigenvalue weighted by Gasteiger charge is -2.28. The minimum Gasteiger partial charge on any atom is -0.396 e. The fourth-order valence-electron chi connectivity index (χ4n) is 5.73. The van der Waals surface area contributed by atoms with Crippen molar-refractivity contribution in [1.29, 1.82) is 0 Å². The average molecular weight is 444 g/mol. The Labute approximate surface area is 193 Å². The van der Waals surface area contributed by atoms with Crippen LogP contribution >= 0.6 is 0 Å². The topological polar surface area (TPSA) is 74.6 Å². The molecule has 0 bridgehead atoms. The molecule has 6 nitrogen and oxygen atoms in total. The number of hydrogen-bond donors (Lipinski definition) is 2. The molecule has 33 heavy (non-hydrogen) atoms. The fraction of sp³-hybridized carbons (Fsp3) is 0.333. The Morgan fingerprint density at radius 2 is 1.73 bits per heavy atom. The molecule has 0 spiro atoms. The number of likely N-dealkylation sites (tertiary alicyclic amines) is 1. The molecular formula is C27H29N3O3. The van der Waals surface area contributed by atoms with E-state index in [0.29, 0.717) is 12.1 Å². The van der Waals surface area contributed by atoms with Gasteiger partial charge in [0.25, 0.3) is 5.56 Å². The molecule has 1 aromatic heterocycles. The summed E-state index contributed by atoms with van der Waals surface area (Å²) in [6.45, 7) is 2.38. The molecule has 2 aromatic carbocycles. The van der Waals surface area contributed by atoms with Crippen molar-refractivity contribution in [2.45, 2.75) is 31.6 Å². The fourth-order valence-corrected chi connectivity index (χ4v) is 5.73. The van der Waals surface area contributed by atoms with Crippen LogP contribution in [0.1, 0.15) is 30.3 Å². The van der Waals surface area contributed by atoms with Crippen LogP contribution in [0.4, 0.5) is 0 Å². The highest BCUT2D eigenvalue weighted by Gasteiger charge is 2.54. The number of nitrogens with zero attached hydrogens (tertiary/aromatic N) is 2. The summed E-state index contributed by atoms with van der Waals surface area (Å²) in [4.78, 5) is 28.7. The van der Waals surface area contributed by atoms with E-state index in [9.17, 15) is 14.7 Å². The molecule has 1 saturated heterocycles. The van der Waals surface area contributed by atoms with Crippen molar-refractivity contribution in [3.63, 3.8) is 0 Å². The van der Waals surface area contributed by atoms with Gasteiger partial charge in [-0.3, -0.25) is 14.5 Å². The lowest BCUT2D eigenvalue weighted by Crippen LogP contribution is -2.47. The second-order valence-electron chi connectivity index (χ2n) is 9.16. The number of hydrogen-bond acceptors (Lipinski definition) is 4. The molecule has 3 aromatic rings. The first kappa shape index (κ1) is 21.6. The Morgan fingerprint density at radius 3 is 2.39 bits per heavy atom. The number of aliphatic hydroxyl groups is 1. The molecule has 0 unspecified atom stereocenters. The van der Waals surface area contributed by atoms with Gasteiger partial charge in [-0.25, -0.2) is 0 Å². The van der Waals surface area contributed by atoms with Gasteiger partial charge in [0.05, 0.1) is 18.1 Å². The number of pyridine rings is 1. The molecule has 2 aliphatic rings. The molecule has 170 valence electrons. The zero-order valence-electron chi connectivity index (χ0n) is 18.9. The maximum absolute atomic E-state index is 13.3. The highest BCUT2D eigenvalue weighted by molar-refractivity contribution is 5.83. The van der Waals surface area contributed by atoms with Crippen LogP contribution < -0.4 is 10.9 Å². The van der Waals surface area contributed by atoms with E-state index in [2.05, 4.69) is 5.32 Å². The molecule has 1 fully saturated rings. The standard InChI is InChI=1S/C27H29N3O3/c1-17(18-9-5-3-6-10-18)28-26(32)25-22(16-31)21-15-30-23(24(21)29(25)2)14-13-20(27(30)33)19-11-7-4-8-12-19/h3-14,17,21-22,24-25,31H,15-16H2,1-2H3,(H,28,32)/t17-,21+,22+,24-,25+/m1/s1. The molecule has 3 heterocycles. The van der Waals surface area contributed by atoms with E-state index in [-0.39, 0.29) is 42.0 Å². The van der Waals surface area contributed by atoms with Gasteiger partial charge in [0.1, 0.15) is 0 Å². The van der Waals surface area contributed by atoms with Gasteiger partial charge in [-0.2, -0.15) is 0 Å². The second-order valence-corrected chi connectivity index (χ2v) is 9.16. The van der Waals surface area contributed by atoms with Crippen molar-refractivity contribution < 1.29 is 9.90 Å². The smallest absolute Gasteiger partial charge is 0.258 e. The van der Waals surface area contributed by atoms with Gasteiger partial charge < -0.3 is 15.0 Å². The van der Waals surface area contributed by atoms with Crippen LogP contribution in [0.2, 0.25) is 0 Å². The Kier molecular flexibility index (Phi) is 5.64. The molecule has 5 rings (SSSR count). The molecular weight excluding hydrogens is 414 g/mol. The number of amides is 1. The van der Waals surface area contributed by atoms with Crippen molar-refractivity contribution in [2.24, 2.45) is 11.8 Å². The third-order valence-electron chi connectivity index (χ3n) is 7.37. The number of likely N-dealkylation sites (N-methyl/N-ethyl adjacent to an activating group) is 1. The normalized spacial score (nSPS) is 24.8. The summed E-state index contributed by atoms with van der Waals surface area (Å²) in [6.07, 6.45) is 0. The first-order chi connectivity index (χ1) is 16.0. The average Bonchev–Trinajstić information content (AvgIpc) is 3.35. The summed E-state index contributed by atoms with van der Waals surface area (Å²) in [7, 11) is 1.93. The van der Waals surface area contributed by atoms with Crippen molar-refractivity contribution in [3.8, 4) is 11.1 Å². The van der Waals surface area contributed by atoms with E-state index in [1.165, 1.54) is 0 Å². The zero-order chi connectivity index (χ0) is 23.1. The van der Waals surface area contributed by atoms with Gasteiger partial charge in [0, 0.05) is 36.2 Å². The van der Waals surface area contributed by atoms with E-state index in [4.69, 9.17) is 0 Å². The Morgan fingerprint density at radius 1 is 1.06 bits per heavy atom. The largest absolute Gasteiger partial charge is 0.396 e. The van der Waals surface area contributed by atoms with Gasteiger partial charge >= 0.3 is 0 Å². The van der Waals surface area contributed by atoms with Crippen LogP contribution in [-0.2, 0) is 11.3 Å². The number of aliphatic hydroxyl groups excluding tert-OH is 1. The molecule has 2 N–H and O–H groups in total. The number of nitrogens with one attached hydrogen (secondary N) is 1. The molecule has 5 atom stereocenters. The molecule has 0 radical (unpaired) electrons. The number of fused-ring (bicyclic) bond motifs is 3. The lowest BCUT2D eigenvalue weighted by atomic mass is 9.88. The highest BCUT2D eigenvalue weighted by atomic mass is 16.3. The predicted octanol–water partition coefficient (Wildman–Crippen LogP) is 2.99. The van der Waals surface area contributed by atoms with E-state index in [1.807, 2.05) is 96.2 Å². The SMILES string of the molecule is C[C@@H](NC(=O)[C@@H]1[C@@H](CO)[C@@H]2Cn3c(ccc(-c4ccccc4)c3=O)[C@@H]2N1C)c1ccccc1. The summed E-state index contributed by atoms with van der Waals surface area (Å²) in [5.74, 6) is -0.332. The Bertz CT molecular complexity index is 1210. The zero-order valence-corrected chi connectivity index (χ0v) is 18.9. The number of benzene rings is 2. The van der Waals surface area contributed by atoms with Gasteiger partial charge in [-0.05, 0) is 37.2 Å². The van der Waals surface area contributed by atoms with E-state index in [1.54, 1.807) is 0 Å². The minimum absolute atomic E-state index is 0.00139. The Balaban J connectivity index is 1.43. The van der Waals surface area contributed by atoms with E-state index >= 15 is 0 Å². The number of carbonyl (C=O) groups excluding carboxylic acids is 1. The van der Waals surface area contributed by atoms with Gasteiger partial charge in [-0.1, -0.05) is 60.7 Å². The maximum atomic E-state index is 13.3. The third-order valence-corrected chi connectivity index (χ3v) is 7.37. The highest BCUT2D eigenvalue weighted by Crippen LogP contribution is 2.48. The van der Waals surface area contributed by atoms with Crippen molar-refractivity contribution >= 4 is 5.91 Å².